The van der Waals surface area contributed by atoms with Gasteiger partial charge in [0.25, 0.3) is 0 Å². The molecule has 176 valence electrons. The van der Waals surface area contributed by atoms with E-state index in [1.165, 1.54) is 24.3 Å². The van der Waals surface area contributed by atoms with Crippen LogP contribution in [0.2, 0.25) is 0 Å². The molecule has 2 N–H and O–H groups in total. The van der Waals surface area contributed by atoms with Crippen molar-refractivity contribution in [1.82, 2.24) is 4.57 Å². The van der Waals surface area contributed by atoms with E-state index in [4.69, 9.17) is 0 Å². The zero-order chi connectivity index (χ0) is 24.9. The van der Waals surface area contributed by atoms with Gasteiger partial charge >= 0.3 is 5.97 Å². The van der Waals surface area contributed by atoms with Crippen LogP contribution in [0.3, 0.4) is 0 Å². The average molecular weight is 472 g/mol. The molecule has 1 aliphatic carbocycles. The highest BCUT2D eigenvalue weighted by molar-refractivity contribution is 6.04. The zero-order valence-corrected chi connectivity index (χ0v) is 19.0. The molecule has 5 nitrogen and oxygen atoms in total. The number of benzene rings is 3. The Bertz CT molecular complexity index is 1530. The lowest BCUT2D eigenvalue weighted by Gasteiger charge is -2.42. The van der Waals surface area contributed by atoms with Gasteiger partial charge < -0.3 is 14.8 Å². The number of carboxylic acids is 1. The van der Waals surface area contributed by atoms with E-state index in [0.717, 1.165) is 31.0 Å². The molecule has 3 aromatic carbocycles. The molecule has 1 saturated carbocycles. The fourth-order valence-corrected chi connectivity index (χ4v) is 5.21. The van der Waals surface area contributed by atoms with Crippen LogP contribution in [0.1, 0.15) is 47.3 Å². The van der Waals surface area contributed by atoms with E-state index in [-0.39, 0.29) is 23.6 Å². The summed E-state index contributed by atoms with van der Waals surface area (Å²) in [4.78, 5) is 11.4. The zero-order valence-electron chi connectivity index (χ0n) is 19.0. The molecule has 1 aromatic heterocycles. The predicted octanol–water partition coefficient (Wildman–Crippen LogP) is 6.62. The second-order valence-corrected chi connectivity index (χ2v) is 9.16. The van der Waals surface area contributed by atoms with Crippen molar-refractivity contribution in [3.05, 3.63) is 83.1 Å². The Balaban J connectivity index is 1.95. The van der Waals surface area contributed by atoms with Gasteiger partial charge in [-0.2, -0.15) is 5.26 Å². The summed E-state index contributed by atoms with van der Waals surface area (Å²) in [7, 11) is 0. The van der Waals surface area contributed by atoms with Crippen molar-refractivity contribution in [3.8, 4) is 28.6 Å². The number of halogens is 2. The summed E-state index contributed by atoms with van der Waals surface area (Å²) in [5.74, 6) is -2.33. The van der Waals surface area contributed by atoms with E-state index in [1.807, 2.05) is 4.57 Å². The molecule has 0 unspecified atom stereocenters. The van der Waals surface area contributed by atoms with Crippen LogP contribution in [0.5, 0.6) is 5.75 Å². The van der Waals surface area contributed by atoms with Crippen LogP contribution < -0.4 is 0 Å². The molecule has 0 saturated heterocycles. The Kier molecular flexibility index (Phi) is 5.32. The van der Waals surface area contributed by atoms with Crippen LogP contribution in [0.15, 0.2) is 54.6 Å². The summed E-state index contributed by atoms with van der Waals surface area (Å²) in [6, 6.07) is 15.5. The van der Waals surface area contributed by atoms with Crippen molar-refractivity contribution >= 4 is 16.9 Å². The number of aromatic nitrogens is 1. The maximum atomic E-state index is 14.6. The number of phenolic OH excluding ortho intramolecular Hbond substituents is 1. The van der Waals surface area contributed by atoms with Gasteiger partial charge in [0.05, 0.1) is 22.5 Å². The number of aromatic hydroxyl groups is 1. The first-order valence-corrected chi connectivity index (χ1v) is 11.3. The van der Waals surface area contributed by atoms with Gasteiger partial charge in [-0.3, -0.25) is 0 Å². The second kappa shape index (κ2) is 8.24. The first-order chi connectivity index (χ1) is 16.8. The number of phenols is 1. The molecule has 1 heterocycles. The Morgan fingerprint density at radius 3 is 2.40 bits per heavy atom. The average Bonchev–Trinajstić information content (AvgIpc) is 3.13. The number of aromatic carboxylic acids is 1. The molecule has 0 spiro atoms. The van der Waals surface area contributed by atoms with Gasteiger partial charge in [0.1, 0.15) is 17.4 Å². The largest absolute Gasteiger partial charge is 0.507 e. The van der Waals surface area contributed by atoms with Crippen molar-refractivity contribution in [2.45, 2.75) is 38.0 Å². The van der Waals surface area contributed by atoms with Crippen LogP contribution in [0.25, 0.3) is 27.7 Å². The van der Waals surface area contributed by atoms with Crippen LogP contribution in [0, 0.1) is 29.9 Å². The third kappa shape index (κ3) is 3.53. The van der Waals surface area contributed by atoms with Crippen molar-refractivity contribution in [2.75, 3.05) is 0 Å². The first kappa shape index (κ1) is 22.6. The molecule has 0 radical (unpaired) electrons. The van der Waals surface area contributed by atoms with E-state index in [1.54, 1.807) is 31.2 Å². The van der Waals surface area contributed by atoms with Crippen molar-refractivity contribution in [1.29, 1.82) is 5.26 Å². The van der Waals surface area contributed by atoms with Crippen molar-refractivity contribution in [3.63, 3.8) is 0 Å². The van der Waals surface area contributed by atoms with Gasteiger partial charge in [-0.05, 0) is 67.3 Å². The molecule has 1 fully saturated rings. The van der Waals surface area contributed by atoms with Gasteiger partial charge in [0.15, 0.2) is 0 Å². The minimum Gasteiger partial charge on any atom is -0.507 e. The predicted molar refractivity (Wildman–Crippen MR) is 128 cm³/mol. The summed E-state index contributed by atoms with van der Waals surface area (Å²) in [6.07, 6.45) is 2.57. The van der Waals surface area contributed by atoms with Crippen LogP contribution in [0.4, 0.5) is 8.78 Å². The Labute approximate surface area is 200 Å². The minimum absolute atomic E-state index is 0.110. The SMILES string of the molecule is Cc1cc(-n2c(C3(CC#N)CCC3)c(-c3ccc(C(=O)O)cc3)c3c(O)cc(F)cc32)ccc1F. The summed E-state index contributed by atoms with van der Waals surface area (Å²) >= 11 is 0. The highest BCUT2D eigenvalue weighted by atomic mass is 19.1. The molecular weight excluding hydrogens is 450 g/mol. The molecule has 0 amide bonds. The third-order valence-electron chi connectivity index (χ3n) is 7.06. The highest BCUT2D eigenvalue weighted by Gasteiger charge is 2.44. The van der Waals surface area contributed by atoms with Crippen LogP contribution in [-0.4, -0.2) is 20.7 Å². The normalized spacial score (nSPS) is 14.5. The maximum absolute atomic E-state index is 14.6. The van der Waals surface area contributed by atoms with E-state index >= 15 is 0 Å². The quantitative estimate of drug-likeness (QED) is 0.342. The lowest BCUT2D eigenvalue weighted by Crippen LogP contribution is -2.36. The van der Waals surface area contributed by atoms with Gasteiger partial charge in [0.2, 0.25) is 0 Å². The third-order valence-corrected chi connectivity index (χ3v) is 7.06. The molecule has 5 rings (SSSR count). The number of carbonyl (C=O) groups is 1. The fraction of sp³-hybridized carbons (Fsp3) is 0.214. The van der Waals surface area contributed by atoms with Crippen molar-refractivity contribution < 1.29 is 23.8 Å². The number of nitriles is 1. The summed E-state index contributed by atoms with van der Waals surface area (Å²) in [5.41, 5.74) is 2.93. The topological polar surface area (TPSA) is 86.2 Å². The lowest BCUT2D eigenvalue weighted by molar-refractivity contribution is 0.0697. The fourth-order valence-electron chi connectivity index (χ4n) is 5.21. The molecule has 35 heavy (non-hydrogen) atoms. The Morgan fingerprint density at radius 1 is 1.11 bits per heavy atom. The van der Waals surface area contributed by atoms with Crippen LogP contribution >= 0.6 is 0 Å². The summed E-state index contributed by atoms with van der Waals surface area (Å²) < 4.78 is 30.6. The summed E-state index contributed by atoms with van der Waals surface area (Å²) in [6.45, 7) is 1.64. The van der Waals surface area contributed by atoms with Crippen LogP contribution in [-0.2, 0) is 5.41 Å². The van der Waals surface area contributed by atoms with E-state index in [2.05, 4.69) is 6.07 Å². The lowest BCUT2D eigenvalue weighted by atomic mass is 9.63. The molecule has 0 atom stereocenters. The van der Waals surface area contributed by atoms with E-state index < -0.39 is 17.2 Å². The Hall–Kier alpha value is -4.18. The molecule has 7 heteroatoms. The highest BCUT2D eigenvalue weighted by Crippen LogP contribution is 2.54. The summed E-state index contributed by atoms with van der Waals surface area (Å²) in [5, 5.41) is 30.4. The van der Waals surface area contributed by atoms with Gasteiger partial charge in [0, 0.05) is 34.8 Å². The second-order valence-electron chi connectivity index (χ2n) is 9.16. The van der Waals surface area contributed by atoms with Gasteiger partial charge in [-0.1, -0.05) is 18.6 Å². The monoisotopic (exact) mass is 472 g/mol. The smallest absolute Gasteiger partial charge is 0.335 e. The standard InChI is InChI=1S/C28H22F2N2O3/c1-16-13-20(7-8-21(16)30)32-22-14-19(29)15-23(33)25(22)24(17-3-5-18(6-4-17)27(34)35)26(32)28(11-12-31)9-2-10-28/h3-8,13-15,33H,2,9-11H2,1H3,(H,34,35). The number of hydrogen-bond donors (Lipinski definition) is 2. The van der Waals surface area contributed by atoms with E-state index in [9.17, 15) is 29.1 Å². The molecule has 4 aromatic rings. The van der Waals surface area contributed by atoms with E-state index in [0.29, 0.717) is 33.3 Å². The number of fused-ring (bicyclic) bond motifs is 1. The molecule has 0 bridgehead atoms. The number of carboxylic acid groups (broad SMARTS) is 1. The van der Waals surface area contributed by atoms with Gasteiger partial charge in [-0.15, -0.1) is 0 Å². The molecule has 1 aliphatic rings. The first-order valence-electron chi connectivity index (χ1n) is 11.3. The number of rotatable bonds is 5. The van der Waals surface area contributed by atoms with Gasteiger partial charge in [-0.25, -0.2) is 13.6 Å². The maximum Gasteiger partial charge on any atom is 0.335 e. The molecular formula is C28H22F2N2O3. The number of hydrogen-bond acceptors (Lipinski definition) is 3. The van der Waals surface area contributed by atoms with Crippen molar-refractivity contribution in [2.24, 2.45) is 0 Å². The minimum atomic E-state index is -1.06. The number of aryl methyl sites for hydroxylation is 1. The number of nitrogens with zero attached hydrogens (tertiary/aromatic N) is 2. The Morgan fingerprint density at radius 2 is 1.83 bits per heavy atom. The molecule has 0 aliphatic heterocycles.